The summed E-state index contributed by atoms with van der Waals surface area (Å²) >= 11 is 0. The number of anilines is 2. The van der Waals surface area contributed by atoms with Gasteiger partial charge in [0.15, 0.2) is 0 Å². The molecule has 0 aromatic heterocycles. The van der Waals surface area contributed by atoms with E-state index in [-0.39, 0.29) is 5.91 Å². The second-order valence-corrected chi connectivity index (χ2v) is 5.88. The fraction of sp³-hybridized carbons (Fsp3) is 0.562. The van der Waals surface area contributed by atoms with E-state index in [0.29, 0.717) is 17.3 Å². The van der Waals surface area contributed by atoms with Crippen LogP contribution in [0.25, 0.3) is 0 Å². The number of nitrogens with one attached hydrogen (secondary N) is 1. The van der Waals surface area contributed by atoms with Crippen LogP contribution >= 0.6 is 0 Å². The largest absolute Gasteiger partial charge is 0.397 e. The van der Waals surface area contributed by atoms with Gasteiger partial charge >= 0.3 is 0 Å². The quantitative estimate of drug-likeness (QED) is 0.831. The Bertz CT molecular complexity index is 501. The highest BCUT2D eigenvalue weighted by molar-refractivity contribution is 5.95. The zero-order valence-corrected chi connectivity index (χ0v) is 13.2. The van der Waals surface area contributed by atoms with E-state index in [1.165, 1.54) is 13.0 Å². The van der Waals surface area contributed by atoms with Gasteiger partial charge in [-0.05, 0) is 44.1 Å². The normalized spacial score (nSPS) is 19.3. The van der Waals surface area contributed by atoms with E-state index in [1.54, 1.807) is 25.1 Å². The fourth-order valence-electron chi connectivity index (χ4n) is 2.77. The topological polar surface area (TPSA) is 61.6 Å². The molecule has 0 spiro atoms. The number of hydrogen-bond donors (Lipinski definition) is 2. The van der Waals surface area contributed by atoms with Crippen LogP contribution < -0.4 is 11.1 Å². The van der Waals surface area contributed by atoms with Gasteiger partial charge in [-0.3, -0.25) is 4.79 Å². The predicted molar refractivity (Wildman–Crippen MR) is 87.6 cm³/mol. The lowest BCUT2D eigenvalue weighted by Crippen LogP contribution is -2.41. The Balaban J connectivity index is 2.05. The van der Waals surface area contributed by atoms with Crippen LogP contribution in [0.4, 0.5) is 11.4 Å². The molecule has 0 aliphatic carbocycles. The molecule has 1 unspecified atom stereocenters. The minimum atomic E-state index is -0.0249. The predicted octanol–water partition coefficient (Wildman–Crippen LogP) is 1.87. The number of carbonyl (C=O) groups is 1. The maximum atomic E-state index is 11.9. The highest BCUT2D eigenvalue weighted by Gasteiger charge is 2.19. The number of rotatable bonds is 4. The lowest BCUT2D eigenvalue weighted by Gasteiger charge is -2.33. The summed E-state index contributed by atoms with van der Waals surface area (Å²) in [4.78, 5) is 15.9. The smallest absolute Gasteiger partial charge is 0.253 e. The van der Waals surface area contributed by atoms with Gasteiger partial charge in [0.1, 0.15) is 0 Å². The number of nitrogens with two attached hydrogens (primary N) is 1. The lowest BCUT2D eigenvalue weighted by atomic mass is 10.0. The molecular formula is C16H26N4O. The number of likely N-dealkylation sites (tertiary alicyclic amines) is 1. The SMILES string of the molecule is CCN1CCCC(Nc2ccc(C(=O)N(C)C)cc2N)C1. The van der Waals surface area contributed by atoms with Gasteiger partial charge in [-0.25, -0.2) is 0 Å². The van der Waals surface area contributed by atoms with E-state index in [9.17, 15) is 4.79 Å². The van der Waals surface area contributed by atoms with E-state index in [2.05, 4.69) is 17.1 Å². The summed E-state index contributed by atoms with van der Waals surface area (Å²) in [6.45, 7) is 5.51. The van der Waals surface area contributed by atoms with Crippen LogP contribution in [0.1, 0.15) is 30.1 Å². The van der Waals surface area contributed by atoms with Crippen molar-refractivity contribution in [1.29, 1.82) is 0 Å². The highest BCUT2D eigenvalue weighted by atomic mass is 16.2. The van der Waals surface area contributed by atoms with Gasteiger partial charge in [-0.2, -0.15) is 0 Å². The monoisotopic (exact) mass is 290 g/mol. The summed E-state index contributed by atoms with van der Waals surface area (Å²) in [5, 5.41) is 3.52. The van der Waals surface area contributed by atoms with Crippen LogP contribution in [0, 0.1) is 0 Å². The van der Waals surface area contributed by atoms with Crippen molar-refractivity contribution in [1.82, 2.24) is 9.80 Å². The van der Waals surface area contributed by atoms with Crippen LogP contribution in [-0.4, -0.2) is 55.5 Å². The van der Waals surface area contributed by atoms with Gasteiger partial charge in [-0.15, -0.1) is 0 Å². The van der Waals surface area contributed by atoms with Gasteiger partial charge in [0.25, 0.3) is 5.91 Å². The minimum absolute atomic E-state index is 0.0249. The van der Waals surface area contributed by atoms with E-state index in [1.807, 2.05) is 12.1 Å². The molecule has 1 saturated heterocycles. The van der Waals surface area contributed by atoms with Crippen LogP contribution in [0.5, 0.6) is 0 Å². The second-order valence-electron chi connectivity index (χ2n) is 5.88. The Morgan fingerprint density at radius 2 is 2.24 bits per heavy atom. The van der Waals surface area contributed by atoms with E-state index >= 15 is 0 Å². The molecule has 3 N–H and O–H groups in total. The van der Waals surface area contributed by atoms with Gasteiger partial charge in [0, 0.05) is 32.2 Å². The van der Waals surface area contributed by atoms with Crippen molar-refractivity contribution in [2.24, 2.45) is 0 Å². The lowest BCUT2D eigenvalue weighted by molar-refractivity contribution is 0.0827. The summed E-state index contributed by atoms with van der Waals surface area (Å²) < 4.78 is 0. The van der Waals surface area contributed by atoms with Crippen LogP contribution in [0.15, 0.2) is 18.2 Å². The average molecular weight is 290 g/mol. The molecule has 5 heteroatoms. The molecule has 0 radical (unpaired) electrons. The van der Waals surface area contributed by atoms with Crippen molar-refractivity contribution in [2.45, 2.75) is 25.8 Å². The Morgan fingerprint density at radius 3 is 2.86 bits per heavy atom. The van der Waals surface area contributed by atoms with Gasteiger partial charge in [0.2, 0.25) is 0 Å². The molecule has 1 aliphatic rings. The first kappa shape index (κ1) is 15.6. The number of benzene rings is 1. The van der Waals surface area contributed by atoms with E-state index in [4.69, 9.17) is 5.73 Å². The third-order valence-corrected chi connectivity index (χ3v) is 4.02. The average Bonchev–Trinajstić information content (AvgIpc) is 2.48. The maximum Gasteiger partial charge on any atom is 0.253 e. The first-order valence-corrected chi connectivity index (χ1v) is 7.61. The molecular weight excluding hydrogens is 264 g/mol. The highest BCUT2D eigenvalue weighted by Crippen LogP contribution is 2.23. The Hall–Kier alpha value is -1.75. The van der Waals surface area contributed by atoms with Crippen LogP contribution in [0.3, 0.4) is 0 Å². The molecule has 1 aromatic rings. The third kappa shape index (κ3) is 3.88. The molecule has 1 heterocycles. The summed E-state index contributed by atoms with van der Waals surface area (Å²) in [7, 11) is 3.48. The van der Waals surface area contributed by atoms with Crippen LogP contribution in [-0.2, 0) is 0 Å². The van der Waals surface area contributed by atoms with Gasteiger partial charge < -0.3 is 20.9 Å². The number of hydrogen-bond acceptors (Lipinski definition) is 4. The molecule has 21 heavy (non-hydrogen) atoms. The second kappa shape index (κ2) is 6.80. The molecule has 1 aromatic carbocycles. The van der Waals surface area contributed by atoms with Crippen molar-refractivity contribution in [2.75, 3.05) is 44.8 Å². The maximum absolute atomic E-state index is 11.9. The van der Waals surface area contributed by atoms with Gasteiger partial charge in [-0.1, -0.05) is 6.92 Å². The number of likely N-dealkylation sites (N-methyl/N-ethyl adjacent to an activating group) is 1. The molecule has 0 bridgehead atoms. The number of nitrogen functional groups attached to an aromatic ring is 1. The minimum Gasteiger partial charge on any atom is -0.397 e. The van der Waals surface area contributed by atoms with Crippen molar-refractivity contribution < 1.29 is 4.79 Å². The first-order chi connectivity index (χ1) is 10.0. The fourth-order valence-corrected chi connectivity index (χ4v) is 2.77. The van der Waals surface area contributed by atoms with Crippen molar-refractivity contribution in [3.8, 4) is 0 Å². The zero-order chi connectivity index (χ0) is 15.4. The Kier molecular flexibility index (Phi) is 5.07. The van der Waals surface area contributed by atoms with E-state index in [0.717, 1.165) is 25.2 Å². The number of nitrogens with zero attached hydrogens (tertiary/aromatic N) is 2. The van der Waals surface area contributed by atoms with Crippen LogP contribution in [0.2, 0.25) is 0 Å². The summed E-state index contributed by atoms with van der Waals surface area (Å²) in [6, 6.07) is 5.93. The molecule has 0 saturated carbocycles. The van der Waals surface area contributed by atoms with Gasteiger partial charge in [0.05, 0.1) is 11.4 Å². The number of piperidine rings is 1. The molecule has 1 amide bonds. The Labute approximate surface area is 127 Å². The number of amides is 1. The molecule has 1 atom stereocenters. The number of carbonyl (C=O) groups excluding carboxylic acids is 1. The molecule has 1 aliphatic heterocycles. The van der Waals surface area contributed by atoms with Crippen molar-refractivity contribution in [3.05, 3.63) is 23.8 Å². The molecule has 116 valence electrons. The summed E-state index contributed by atoms with van der Waals surface area (Å²) in [6.07, 6.45) is 2.37. The van der Waals surface area contributed by atoms with E-state index < -0.39 is 0 Å². The standard InChI is InChI=1S/C16H26N4O/c1-4-20-9-5-6-13(11-20)18-15-8-7-12(10-14(15)17)16(21)19(2)3/h7-8,10,13,18H,4-6,9,11,17H2,1-3H3. The molecule has 1 fully saturated rings. The summed E-state index contributed by atoms with van der Waals surface area (Å²) in [5.41, 5.74) is 8.28. The zero-order valence-electron chi connectivity index (χ0n) is 13.2. The summed E-state index contributed by atoms with van der Waals surface area (Å²) in [5.74, 6) is -0.0249. The Morgan fingerprint density at radius 1 is 1.48 bits per heavy atom. The first-order valence-electron chi connectivity index (χ1n) is 7.61. The van der Waals surface area contributed by atoms with Crippen molar-refractivity contribution >= 4 is 17.3 Å². The molecule has 5 nitrogen and oxygen atoms in total. The van der Waals surface area contributed by atoms with Crippen molar-refractivity contribution in [3.63, 3.8) is 0 Å². The molecule has 2 rings (SSSR count). The third-order valence-electron chi connectivity index (χ3n) is 4.02.